The van der Waals surface area contributed by atoms with Crippen LogP contribution in [-0.2, 0) is 6.54 Å². The number of allylic oxidation sites excluding steroid dienone is 1. The normalized spacial score (nSPS) is 10.7. The van der Waals surface area contributed by atoms with Crippen molar-refractivity contribution >= 4 is 10.9 Å². The van der Waals surface area contributed by atoms with Crippen LogP contribution in [0.5, 0.6) is 5.75 Å². The third-order valence-electron chi connectivity index (χ3n) is 2.66. The standard InChI is InChI=1S/C15H19NO/c1-4-9-17-14-5-6-15-13(10-14)7-8-16(15)11-12(2)3/h5-8,10H,2,4,9,11H2,1,3H3. The molecular formula is C15H19NO. The van der Waals surface area contributed by atoms with Crippen molar-refractivity contribution in [2.45, 2.75) is 26.8 Å². The molecule has 0 amide bonds. The van der Waals surface area contributed by atoms with E-state index in [-0.39, 0.29) is 0 Å². The lowest BCUT2D eigenvalue weighted by Crippen LogP contribution is -1.97. The third kappa shape index (κ3) is 2.70. The van der Waals surface area contributed by atoms with Gasteiger partial charge in [-0.1, -0.05) is 19.1 Å². The Morgan fingerprint density at radius 2 is 2.18 bits per heavy atom. The maximum Gasteiger partial charge on any atom is 0.120 e. The molecule has 0 fully saturated rings. The van der Waals surface area contributed by atoms with Crippen LogP contribution < -0.4 is 4.74 Å². The van der Waals surface area contributed by atoms with Crippen LogP contribution in [0.15, 0.2) is 42.6 Å². The number of benzene rings is 1. The fourth-order valence-electron chi connectivity index (χ4n) is 1.92. The summed E-state index contributed by atoms with van der Waals surface area (Å²) in [4.78, 5) is 0. The van der Waals surface area contributed by atoms with Gasteiger partial charge < -0.3 is 9.30 Å². The number of hydrogen-bond donors (Lipinski definition) is 0. The maximum atomic E-state index is 5.63. The average Bonchev–Trinajstić information content (AvgIpc) is 2.68. The van der Waals surface area contributed by atoms with Crippen molar-refractivity contribution in [3.05, 3.63) is 42.6 Å². The number of ether oxygens (including phenoxy) is 1. The minimum atomic E-state index is 0.776. The number of nitrogens with zero attached hydrogens (tertiary/aromatic N) is 1. The second-order valence-corrected chi connectivity index (χ2v) is 4.47. The second-order valence-electron chi connectivity index (χ2n) is 4.47. The zero-order valence-corrected chi connectivity index (χ0v) is 10.6. The molecule has 0 unspecified atom stereocenters. The summed E-state index contributed by atoms with van der Waals surface area (Å²) in [7, 11) is 0. The van der Waals surface area contributed by atoms with E-state index in [9.17, 15) is 0 Å². The first-order valence-electron chi connectivity index (χ1n) is 6.07. The molecule has 0 bridgehead atoms. The van der Waals surface area contributed by atoms with Crippen molar-refractivity contribution in [1.82, 2.24) is 4.57 Å². The highest BCUT2D eigenvalue weighted by molar-refractivity contribution is 5.81. The van der Waals surface area contributed by atoms with E-state index < -0.39 is 0 Å². The Kier molecular flexibility index (Phi) is 3.52. The summed E-state index contributed by atoms with van der Waals surface area (Å²) in [6.45, 7) is 9.76. The number of rotatable bonds is 5. The monoisotopic (exact) mass is 229 g/mol. The molecule has 0 aliphatic rings. The quantitative estimate of drug-likeness (QED) is 0.707. The first-order chi connectivity index (χ1) is 8.20. The van der Waals surface area contributed by atoms with Crippen molar-refractivity contribution in [1.29, 1.82) is 0 Å². The molecule has 0 aliphatic carbocycles. The summed E-state index contributed by atoms with van der Waals surface area (Å²) in [5.74, 6) is 0.951. The lowest BCUT2D eigenvalue weighted by Gasteiger charge is -2.07. The molecule has 2 rings (SSSR count). The van der Waals surface area contributed by atoms with Gasteiger partial charge in [-0.05, 0) is 37.6 Å². The predicted molar refractivity (Wildman–Crippen MR) is 72.5 cm³/mol. The number of hydrogen-bond acceptors (Lipinski definition) is 1. The molecule has 0 saturated heterocycles. The van der Waals surface area contributed by atoms with E-state index >= 15 is 0 Å². The molecule has 0 radical (unpaired) electrons. The summed E-state index contributed by atoms with van der Waals surface area (Å²) in [6, 6.07) is 8.37. The molecule has 1 aromatic carbocycles. The van der Waals surface area contributed by atoms with E-state index in [4.69, 9.17) is 4.74 Å². The van der Waals surface area contributed by atoms with E-state index in [1.54, 1.807) is 0 Å². The van der Waals surface area contributed by atoms with E-state index in [0.29, 0.717) is 0 Å². The fourth-order valence-corrected chi connectivity index (χ4v) is 1.92. The third-order valence-corrected chi connectivity index (χ3v) is 2.66. The van der Waals surface area contributed by atoms with Crippen molar-refractivity contribution in [3.63, 3.8) is 0 Å². The van der Waals surface area contributed by atoms with Gasteiger partial charge in [-0.15, -0.1) is 0 Å². The molecule has 1 heterocycles. The lowest BCUT2D eigenvalue weighted by atomic mass is 10.2. The summed E-state index contributed by atoms with van der Waals surface area (Å²) in [5.41, 5.74) is 2.39. The first-order valence-corrected chi connectivity index (χ1v) is 6.07. The largest absolute Gasteiger partial charge is 0.494 e. The van der Waals surface area contributed by atoms with Crippen LogP contribution in [0.4, 0.5) is 0 Å². The van der Waals surface area contributed by atoms with Crippen LogP contribution in [0, 0.1) is 0 Å². The van der Waals surface area contributed by atoms with Gasteiger partial charge in [0.05, 0.1) is 6.61 Å². The van der Waals surface area contributed by atoms with Crippen LogP contribution in [0.3, 0.4) is 0 Å². The highest BCUT2D eigenvalue weighted by Crippen LogP contribution is 2.22. The van der Waals surface area contributed by atoms with E-state index in [0.717, 1.165) is 30.9 Å². The first kappa shape index (κ1) is 11.8. The Hall–Kier alpha value is -1.70. The molecule has 0 spiro atoms. The van der Waals surface area contributed by atoms with Crippen LogP contribution in [0.1, 0.15) is 20.3 Å². The van der Waals surface area contributed by atoms with Gasteiger partial charge in [0.15, 0.2) is 0 Å². The van der Waals surface area contributed by atoms with Gasteiger partial charge in [0.1, 0.15) is 5.75 Å². The highest BCUT2D eigenvalue weighted by Gasteiger charge is 2.02. The molecule has 0 aliphatic heterocycles. The van der Waals surface area contributed by atoms with Crippen molar-refractivity contribution < 1.29 is 4.74 Å². The van der Waals surface area contributed by atoms with Crippen molar-refractivity contribution in [2.24, 2.45) is 0 Å². The topological polar surface area (TPSA) is 14.2 Å². The molecule has 17 heavy (non-hydrogen) atoms. The van der Waals surface area contributed by atoms with Crippen molar-refractivity contribution in [3.8, 4) is 5.75 Å². The van der Waals surface area contributed by atoms with Crippen LogP contribution in [-0.4, -0.2) is 11.2 Å². The molecule has 2 heteroatoms. The van der Waals surface area contributed by atoms with Gasteiger partial charge >= 0.3 is 0 Å². The molecule has 2 nitrogen and oxygen atoms in total. The molecule has 0 atom stereocenters. The van der Waals surface area contributed by atoms with Gasteiger partial charge in [0, 0.05) is 23.6 Å². The zero-order chi connectivity index (χ0) is 12.3. The van der Waals surface area contributed by atoms with Crippen molar-refractivity contribution in [2.75, 3.05) is 6.61 Å². The van der Waals surface area contributed by atoms with Gasteiger partial charge in [0.25, 0.3) is 0 Å². The highest BCUT2D eigenvalue weighted by atomic mass is 16.5. The number of aromatic nitrogens is 1. The van der Waals surface area contributed by atoms with E-state index in [1.807, 2.05) is 13.0 Å². The average molecular weight is 229 g/mol. The second kappa shape index (κ2) is 5.09. The minimum absolute atomic E-state index is 0.776. The van der Waals surface area contributed by atoms with E-state index in [1.165, 1.54) is 10.9 Å². The minimum Gasteiger partial charge on any atom is -0.494 e. The Bertz CT molecular complexity index is 525. The number of fused-ring (bicyclic) bond motifs is 1. The molecule has 0 saturated carbocycles. The van der Waals surface area contributed by atoms with Gasteiger partial charge in [-0.2, -0.15) is 0 Å². The Morgan fingerprint density at radius 3 is 2.88 bits per heavy atom. The van der Waals surface area contributed by atoms with E-state index in [2.05, 4.69) is 42.5 Å². The predicted octanol–water partition coefficient (Wildman–Crippen LogP) is 4.01. The van der Waals surface area contributed by atoms with Crippen LogP contribution in [0.2, 0.25) is 0 Å². The van der Waals surface area contributed by atoms with Gasteiger partial charge in [-0.3, -0.25) is 0 Å². The summed E-state index contributed by atoms with van der Waals surface area (Å²) >= 11 is 0. The van der Waals surface area contributed by atoms with Gasteiger partial charge in [-0.25, -0.2) is 0 Å². The maximum absolute atomic E-state index is 5.63. The molecule has 0 N–H and O–H groups in total. The lowest BCUT2D eigenvalue weighted by molar-refractivity contribution is 0.318. The Labute approximate surface area is 103 Å². The van der Waals surface area contributed by atoms with Crippen LogP contribution in [0.25, 0.3) is 10.9 Å². The van der Waals surface area contributed by atoms with Gasteiger partial charge in [0.2, 0.25) is 0 Å². The molecule has 1 aromatic heterocycles. The van der Waals surface area contributed by atoms with Crippen LogP contribution >= 0.6 is 0 Å². The fraction of sp³-hybridized carbons (Fsp3) is 0.333. The zero-order valence-electron chi connectivity index (χ0n) is 10.6. The molecular weight excluding hydrogens is 210 g/mol. The smallest absolute Gasteiger partial charge is 0.120 e. The Morgan fingerprint density at radius 1 is 1.35 bits per heavy atom. The summed E-state index contributed by atoms with van der Waals surface area (Å²) < 4.78 is 7.84. The molecule has 90 valence electrons. The summed E-state index contributed by atoms with van der Waals surface area (Å²) in [5, 5.41) is 1.22. The summed E-state index contributed by atoms with van der Waals surface area (Å²) in [6.07, 6.45) is 3.14. The SMILES string of the molecule is C=C(C)Cn1ccc2cc(OCCC)ccc21. The molecule has 2 aromatic rings. The Balaban J connectivity index is 2.28.